The van der Waals surface area contributed by atoms with E-state index < -0.39 is 11.6 Å². The quantitative estimate of drug-likeness (QED) is 0.726. The van der Waals surface area contributed by atoms with Crippen LogP contribution in [0.4, 0.5) is 14.5 Å². The number of anilines is 1. The van der Waals surface area contributed by atoms with E-state index in [1.807, 2.05) is 17.0 Å². The molecule has 1 N–H and O–H groups in total. The van der Waals surface area contributed by atoms with Gasteiger partial charge in [0, 0.05) is 38.8 Å². The average molecular weight is 416 g/mol. The predicted molar refractivity (Wildman–Crippen MR) is 106 cm³/mol. The van der Waals surface area contributed by atoms with Gasteiger partial charge in [0.05, 0.1) is 15.7 Å². The van der Waals surface area contributed by atoms with Crippen LogP contribution < -0.4 is 5.32 Å². The Labute approximate surface area is 166 Å². The fraction of sp³-hybridized carbons (Fsp3) is 0.278. The summed E-state index contributed by atoms with van der Waals surface area (Å²) in [5.74, 6) is -1.28. The summed E-state index contributed by atoms with van der Waals surface area (Å²) in [5.41, 5.74) is 1.27. The highest BCUT2D eigenvalue weighted by molar-refractivity contribution is 7.80. The van der Waals surface area contributed by atoms with Crippen molar-refractivity contribution in [3.63, 3.8) is 0 Å². The molecule has 0 atom stereocenters. The van der Waals surface area contributed by atoms with E-state index in [1.165, 1.54) is 12.1 Å². The maximum atomic E-state index is 13.7. The molecule has 2 aromatic carbocycles. The second-order valence-electron chi connectivity index (χ2n) is 6.07. The molecule has 1 heterocycles. The summed E-state index contributed by atoms with van der Waals surface area (Å²) in [6.07, 6.45) is 0. The van der Waals surface area contributed by atoms with E-state index in [-0.39, 0.29) is 5.69 Å². The average Bonchev–Trinajstić information content (AvgIpc) is 2.61. The summed E-state index contributed by atoms with van der Waals surface area (Å²) >= 11 is 17.4. The molecule has 1 aliphatic heterocycles. The minimum absolute atomic E-state index is 0.176. The molecule has 0 aromatic heterocycles. The van der Waals surface area contributed by atoms with Gasteiger partial charge in [0.1, 0.15) is 11.6 Å². The van der Waals surface area contributed by atoms with Crippen LogP contribution in [0.5, 0.6) is 0 Å². The van der Waals surface area contributed by atoms with Gasteiger partial charge in [-0.25, -0.2) is 8.78 Å². The van der Waals surface area contributed by atoms with Crippen LogP contribution in [0.25, 0.3) is 0 Å². The second-order valence-corrected chi connectivity index (χ2v) is 7.27. The van der Waals surface area contributed by atoms with Crippen molar-refractivity contribution in [3.8, 4) is 0 Å². The van der Waals surface area contributed by atoms with E-state index in [2.05, 4.69) is 10.2 Å². The number of hydrogen-bond acceptors (Lipinski definition) is 2. The Kier molecular flexibility index (Phi) is 6.29. The maximum Gasteiger partial charge on any atom is 0.173 e. The molecular weight excluding hydrogens is 399 g/mol. The first-order chi connectivity index (χ1) is 12.4. The molecule has 1 saturated heterocycles. The zero-order valence-electron chi connectivity index (χ0n) is 13.8. The molecule has 0 unspecified atom stereocenters. The molecule has 0 amide bonds. The molecule has 2 aromatic rings. The third-order valence-corrected chi connectivity index (χ3v) is 5.32. The van der Waals surface area contributed by atoms with Gasteiger partial charge in [-0.05, 0) is 42.0 Å². The van der Waals surface area contributed by atoms with Crippen LogP contribution in [-0.4, -0.2) is 41.1 Å². The van der Waals surface area contributed by atoms with Crippen LogP contribution in [-0.2, 0) is 6.54 Å². The smallest absolute Gasteiger partial charge is 0.173 e. The number of halogens is 4. The summed E-state index contributed by atoms with van der Waals surface area (Å²) in [7, 11) is 0. The number of benzene rings is 2. The molecule has 0 saturated carbocycles. The Morgan fingerprint density at radius 1 is 1.00 bits per heavy atom. The topological polar surface area (TPSA) is 18.5 Å². The van der Waals surface area contributed by atoms with Crippen LogP contribution in [0.1, 0.15) is 5.56 Å². The number of rotatable bonds is 3. The lowest BCUT2D eigenvalue weighted by Crippen LogP contribution is -2.49. The predicted octanol–water partition coefficient (Wildman–Crippen LogP) is 4.79. The van der Waals surface area contributed by atoms with Gasteiger partial charge in [-0.2, -0.15) is 0 Å². The number of hydrogen-bond donors (Lipinski definition) is 1. The number of nitrogens with one attached hydrogen (secondary N) is 1. The van der Waals surface area contributed by atoms with Crippen LogP contribution in [0.3, 0.4) is 0 Å². The first-order valence-corrected chi connectivity index (χ1v) is 9.26. The first-order valence-electron chi connectivity index (χ1n) is 8.09. The monoisotopic (exact) mass is 415 g/mol. The van der Waals surface area contributed by atoms with Crippen molar-refractivity contribution in [1.29, 1.82) is 0 Å². The van der Waals surface area contributed by atoms with Gasteiger partial charge in [-0.15, -0.1) is 0 Å². The molecule has 0 aliphatic carbocycles. The van der Waals surface area contributed by atoms with Gasteiger partial charge in [0.15, 0.2) is 5.11 Å². The number of thiocarbonyl (C=S) groups is 1. The molecular formula is C18H17Cl2F2N3S. The van der Waals surface area contributed by atoms with Gasteiger partial charge in [-0.3, -0.25) is 4.90 Å². The Morgan fingerprint density at radius 3 is 2.38 bits per heavy atom. The summed E-state index contributed by atoms with van der Waals surface area (Å²) < 4.78 is 26.7. The normalized spacial score (nSPS) is 15.2. The Balaban J connectivity index is 1.52. The highest BCUT2D eigenvalue weighted by Crippen LogP contribution is 2.23. The maximum absolute atomic E-state index is 13.7. The molecule has 3 nitrogen and oxygen atoms in total. The summed E-state index contributed by atoms with van der Waals surface area (Å²) in [6.45, 7) is 3.84. The highest BCUT2D eigenvalue weighted by Gasteiger charge is 2.20. The van der Waals surface area contributed by atoms with Crippen molar-refractivity contribution < 1.29 is 8.78 Å². The van der Waals surface area contributed by atoms with Crippen molar-refractivity contribution >= 4 is 46.2 Å². The van der Waals surface area contributed by atoms with Crippen molar-refractivity contribution in [2.45, 2.75) is 6.54 Å². The van der Waals surface area contributed by atoms with Crippen molar-refractivity contribution in [1.82, 2.24) is 9.80 Å². The Hall–Kier alpha value is -1.47. The fourth-order valence-corrected chi connectivity index (χ4v) is 3.40. The van der Waals surface area contributed by atoms with Gasteiger partial charge < -0.3 is 10.2 Å². The van der Waals surface area contributed by atoms with E-state index in [1.54, 1.807) is 6.07 Å². The van der Waals surface area contributed by atoms with Crippen LogP contribution in [0.15, 0.2) is 36.4 Å². The molecule has 8 heteroatoms. The molecule has 138 valence electrons. The lowest BCUT2D eigenvalue weighted by atomic mass is 10.2. The Bertz CT molecular complexity index is 811. The van der Waals surface area contributed by atoms with Gasteiger partial charge in [0.25, 0.3) is 0 Å². The van der Waals surface area contributed by atoms with E-state index in [4.69, 9.17) is 35.4 Å². The van der Waals surface area contributed by atoms with Crippen LogP contribution >= 0.6 is 35.4 Å². The lowest BCUT2D eigenvalue weighted by Gasteiger charge is -2.36. The third-order valence-electron chi connectivity index (χ3n) is 4.22. The largest absolute Gasteiger partial charge is 0.346 e. The van der Waals surface area contributed by atoms with Gasteiger partial charge >= 0.3 is 0 Å². The molecule has 0 radical (unpaired) electrons. The van der Waals surface area contributed by atoms with Crippen LogP contribution in [0.2, 0.25) is 10.0 Å². The lowest BCUT2D eigenvalue weighted by molar-refractivity contribution is 0.177. The van der Waals surface area contributed by atoms with Crippen LogP contribution in [0, 0.1) is 11.6 Å². The van der Waals surface area contributed by atoms with E-state index in [9.17, 15) is 8.78 Å². The number of piperazine rings is 1. The summed E-state index contributed by atoms with van der Waals surface area (Å²) in [5, 5.41) is 4.38. The molecule has 1 aliphatic rings. The zero-order chi connectivity index (χ0) is 18.7. The van der Waals surface area contributed by atoms with Crippen molar-refractivity contribution in [2.24, 2.45) is 0 Å². The molecule has 0 spiro atoms. The minimum Gasteiger partial charge on any atom is -0.346 e. The van der Waals surface area contributed by atoms with Gasteiger partial charge in [0.2, 0.25) is 0 Å². The molecule has 1 fully saturated rings. The first kappa shape index (κ1) is 19.3. The second kappa shape index (κ2) is 8.48. The Morgan fingerprint density at radius 2 is 1.73 bits per heavy atom. The molecule has 26 heavy (non-hydrogen) atoms. The fourth-order valence-electron chi connectivity index (χ4n) is 2.79. The van der Waals surface area contributed by atoms with E-state index in [0.29, 0.717) is 15.2 Å². The molecule has 0 bridgehead atoms. The summed E-state index contributed by atoms with van der Waals surface area (Å²) in [6, 6.07) is 9.01. The van der Waals surface area contributed by atoms with Crippen molar-refractivity contribution in [2.75, 3.05) is 31.5 Å². The number of nitrogens with zero attached hydrogens (tertiary/aromatic N) is 2. The highest BCUT2D eigenvalue weighted by atomic mass is 35.5. The third kappa shape index (κ3) is 4.82. The van der Waals surface area contributed by atoms with E-state index >= 15 is 0 Å². The standard InChI is InChI=1S/C18H17Cl2F2N3S/c19-14-3-1-12(9-15(14)20)11-24-5-7-25(8-6-24)18(26)23-17-4-2-13(21)10-16(17)22/h1-4,9-10H,5-8,11H2,(H,23,26). The van der Waals surface area contributed by atoms with Crippen molar-refractivity contribution in [3.05, 3.63) is 63.6 Å². The summed E-state index contributed by atoms with van der Waals surface area (Å²) in [4.78, 5) is 4.26. The zero-order valence-corrected chi connectivity index (χ0v) is 16.1. The van der Waals surface area contributed by atoms with E-state index in [0.717, 1.165) is 44.4 Å². The molecule has 3 rings (SSSR count). The minimum atomic E-state index is -0.661. The van der Waals surface area contributed by atoms with Gasteiger partial charge in [-0.1, -0.05) is 29.3 Å². The SMILES string of the molecule is Fc1ccc(NC(=S)N2CCN(Cc3ccc(Cl)c(Cl)c3)CC2)c(F)c1.